The second-order valence-electron chi connectivity index (χ2n) is 9.71. The van der Waals surface area contributed by atoms with Crippen molar-refractivity contribution in [3.8, 4) is 17.1 Å². The summed E-state index contributed by atoms with van der Waals surface area (Å²) in [5.41, 5.74) is 3.41. The number of Topliss-reactive ketones (excluding diaryl/α,β-unsaturated/α-hetero) is 1. The monoisotopic (exact) mass is 460 g/mol. The van der Waals surface area contributed by atoms with E-state index in [2.05, 4.69) is 45.3 Å². The molecule has 0 saturated carbocycles. The van der Waals surface area contributed by atoms with Crippen LogP contribution >= 0.6 is 13.5 Å². The van der Waals surface area contributed by atoms with Crippen molar-refractivity contribution in [1.29, 1.82) is 0 Å². The summed E-state index contributed by atoms with van der Waals surface area (Å²) < 4.78 is 13.3. The Morgan fingerprint density at radius 1 is 1.25 bits per heavy atom. The second-order valence-corrected chi connectivity index (χ2v) is 9.71. The molecular formula is C25H36N2O4S. The molecule has 32 heavy (non-hydrogen) atoms. The molecule has 1 atom stereocenters. The molecule has 0 N–H and O–H groups in total. The number of hydrogen-bond donors (Lipinski definition) is 0. The molecule has 0 aromatic carbocycles. The molecule has 6 nitrogen and oxygen atoms in total. The number of ketones is 1. The second kappa shape index (κ2) is 10.2. The summed E-state index contributed by atoms with van der Waals surface area (Å²) in [4.78, 5) is 29.7. The summed E-state index contributed by atoms with van der Waals surface area (Å²) in [6.45, 7) is 13.4. The number of aromatic nitrogens is 2. The Bertz CT molecular complexity index is 1040. The van der Waals surface area contributed by atoms with Gasteiger partial charge in [0.1, 0.15) is 5.75 Å². The summed E-state index contributed by atoms with van der Waals surface area (Å²) in [6.07, 6.45) is 3.29. The highest BCUT2D eigenvalue weighted by Gasteiger charge is 2.34. The first kappa shape index (κ1) is 26.1. The van der Waals surface area contributed by atoms with E-state index in [0.717, 1.165) is 41.2 Å². The van der Waals surface area contributed by atoms with E-state index in [0.29, 0.717) is 13.2 Å². The number of pyridine rings is 2. The Labute approximate surface area is 197 Å². The van der Waals surface area contributed by atoms with Gasteiger partial charge in [0.05, 0.1) is 29.3 Å². The van der Waals surface area contributed by atoms with Crippen molar-refractivity contribution >= 4 is 19.3 Å². The molecule has 0 radical (unpaired) electrons. The molecule has 7 heteroatoms. The molecule has 0 aliphatic carbocycles. The van der Waals surface area contributed by atoms with E-state index in [1.807, 2.05) is 0 Å². The molecule has 0 fully saturated rings. The maximum Gasteiger partial charge on any atom is 0.193 e. The number of nitrogens with zero attached hydrogens (tertiary/aromatic N) is 2. The highest BCUT2D eigenvalue weighted by molar-refractivity contribution is 7.59. The molecule has 1 aliphatic heterocycles. The minimum atomic E-state index is -0.257. The van der Waals surface area contributed by atoms with E-state index in [4.69, 9.17) is 14.5 Å². The maximum atomic E-state index is 12.7. The van der Waals surface area contributed by atoms with Gasteiger partial charge in [-0.05, 0) is 36.3 Å². The Morgan fingerprint density at radius 2 is 1.94 bits per heavy atom. The smallest absolute Gasteiger partial charge is 0.193 e. The molecule has 0 unspecified atom stereocenters. The van der Waals surface area contributed by atoms with E-state index < -0.39 is 0 Å². The SMILES string of the molecule is COCCCOc1cc2c(nc1C(C)C)-c1cc(=O)c(C(C)=O)cn1[C@H](C(C)(C)C)C2.S. The molecule has 3 rings (SSSR count). The zero-order chi connectivity index (χ0) is 22.9. The fraction of sp³-hybridized carbons (Fsp3) is 0.560. The fourth-order valence-electron chi connectivity index (χ4n) is 4.13. The highest BCUT2D eigenvalue weighted by Crippen LogP contribution is 2.43. The van der Waals surface area contributed by atoms with Crippen LogP contribution in [0.2, 0.25) is 0 Å². The molecule has 176 valence electrons. The average molecular weight is 461 g/mol. The van der Waals surface area contributed by atoms with Crippen LogP contribution in [0, 0.1) is 5.41 Å². The van der Waals surface area contributed by atoms with Gasteiger partial charge in [-0.25, -0.2) is 4.98 Å². The van der Waals surface area contributed by atoms with Crippen LogP contribution < -0.4 is 10.2 Å². The van der Waals surface area contributed by atoms with Crippen molar-refractivity contribution in [3.05, 3.63) is 45.4 Å². The van der Waals surface area contributed by atoms with Crippen LogP contribution in [-0.4, -0.2) is 35.7 Å². The van der Waals surface area contributed by atoms with Crippen molar-refractivity contribution in [2.24, 2.45) is 5.41 Å². The molecule has 0 spiro atoms. The molecular weight excluding hydrogens is 424 g/mol. The van der Waals surface area contributed by atoms with E-state index in [1.165, 1.54) is 6.92 Å². The summed E-state index contributed by atoms with van der Waals surface area (Å²) >= 11 is 0. The van der Waals surface area contributed by atoms with Crippen molar-refractivity contribution in [1.82, 2.24) is 9.55 Å². The van der Waals surface area contributed by atoms with Crippen molar-refractivity contribution in [2.45, 2.75) is 66.3 Å². The summed E-state index contributed by atoms with van der Waals surface area (Å²) in [6, 6.07) is 3.75. The molecule has 0 amide bonds. The van der Waals surface area contributed by atoms with Gasteiger partial charge in [-0.1, -0.05) is 34.6 Å². The standard InChI is InChI=1S/C25H34N2O4.H2S/c1-15(2)23-21(31-10-8-9-30-7)11-17-12-22(25(4,5)6)27-14-18(16(3)28)20(29)13-19(27)24(17)26-23;/h11,13-15,22H,8-10,12H2,1-7H3;1H2/t22-;/m0./s1. The number of carbonyl (C=O) groups is 1. The van der Waals surface area contributed by atoms with Gasteiger partial charge < -0.3 is 14.0 Å². The largest absolute Gasteiger partial charge is 0.492 e. The van der Waals surface area contributed by atoms with Crippen molar-refractivity contribution in [3.63, 3.8) is 0 Å². The van der Waals surface area contributed by atoms with Crippen LogP contribution in [0.5, 0.6) is 5.75 Å². The highest BCUT2D eigenvalue weighted by atomic mass is 32.1. The molecule has 2 aromatic heterocycles. The predicted octanol–water partition coefficient (Wildman–Crippen LogP) is 4.91. The lowest BCUT2D eigenvalue weighted by molar-refractivity contribution is 0.101. The first-order valence-corrected chi connectivity index (χ1v) is 11.0. The lowest BCUT2D eigenvalue weighted by Crippen LogP contribution is -2.33. The van der Waals surface area contributed by atoms with E-state index in [9.17, 15) is 9.59 Å². The molecule has 0 bridgehead atoms. The van der Waals surface area contributed by atoms with Crippen molar-refractivity contribution in [2.75, 3.05) is 20.3 Å². The van der Waals surface area contributed by atoms with Crippen LogP contribution in [0.25, 0.3) is 11.4 Å². The first-order valence-electron chi connectivity index (χ1n) is 11.0. The third kappa shape index (κ3) is 5.26. The van der Waals surface area contributed by atoms with E-state index >= 15 is 0 Å². The molecule has 0 saturated heterocycles. The fourth-order valence-corrected chi connectivity index (χ4v) is 4.13. The maximum absolute atomic E-state index is 12.7. The molecule has 1 aliphatic rings. The average Bonchev–Trinajstić information content (AvgIpc) is 2.68. The van der Waals surface area contributed by atoms with Crippen LogP contribution in [-0.2, 0) is 11.2 Å². The van der Waals surface area contributed by atoms with Gasteiger partial charge in [-0.3, -0.25) is 9.59 Å². The number of carbonyl (C=O) groups excluding carboxylic acids is 1. The summed E-state index contributed by atoms with van der Waals surface area (Å²) in [7, 11) is 1.68. The summed E-state index contributed by atoms with van der Waals surface area (Å²) in [5.74, 6) is 0.753. The predicted molar refractivity (Wildman–Crippen MR) is 133 cm³/mol. The number of ether oxygens (including phenoxy) is 2. The van der Waals surface area contributed by atoms with Gasteiger partial charge in [-0.2, -0.15) is 13.5 Å². The van der Waals surface area contributed by atoms with Crippen LogP contribution in [0.3, 0.4) is 0 Å². The Hall–Kier alpha value is -2.12. The Balaban J connectivity index is 0.00000363. The normalized spacial score (nSPS) is 15.1. The zero-order valence-electron chi connectivity index (χ0n) is 20.2. The third-order valence-corrected chi connectivity index (χ3v) is 5.84. The van der Waals surface area contributed by atoms with Gasteiger partial charge in [-0.15, -0.1) is 0 Å². The van der Waals surface area contributed by atoms with Crippen molar-refractivity contribution < 1.29 is 14.3 Å². The van der Waals surface area contributed by atoms with Gasteiger partial charge in [0.2, 0.25) is 0 Å². The Morgan fingerprint density at radius 3 is 2.50 bits per heavy atom. The van der Waals surface area contributed by atoms with Crippen LogP contribution in [0.1, 0.15) is 81.5 Å². The van der Waals surface area contributed by atoms with Gasteiger partial charge in [0.15, 0.2) is 11.2 Å². The topological polar surface area (TPSA) is 70.4 Å². The van der Waals surface area contributed by atoms with Crippen LogP contribution in [0.4, 0.5) is 0 Å². The lowest BCUT2D eigenvalue weighted by atomic mass is 9.79. The summed E-state index contributed by atoms with van der Waals surface area (Å²) in [5, 5.41) is 0. The van der Waals surface area contributed by atoms with Gasteiger partial charge >= 0.3 is 0 Å². The van der Waals surface area contributed by atoms with Gasteiger partial charge in [0, 0.05) is 38.4 Å². The number of methoxy groups -OCH3 is 1. The molecule has 3 heterocycles. The minimum Gasteiger partial charge on any atom is -0.492 e. The van der Waals surface area contributed by atoms with E-state index in [-0.39, 0.29) is 47.6 Å². The third-order valence-electron chi connectivity index (χ3n) is 5.84. The number of hydrogen-bond acceptors (Lipinski definition) is 5. The number of rotatable bonds is 7. The van der Waals surface area contributed by atoms with E-state index in [1.54, 1.807) is 19.4 Å². The minimum absolute atomic E-state index is 0. The quantitative estimate of drug-likeness (QED) is 0.434. The lowest BCUT2D eigenvalue weighted by Gasteiger charge is -2.39. The molecule has 2 aromatic rings. The zero-order valence-corrected chi connectivity index (χ0v) is 21.2. The van der Waals surface area contributed by atoms with Crippen LogP contribution in [0.15, 0.2) is 23.1 Å². The van der Waals surface area contributed by atoms with Gasteiger partial charge in [0.25, 0.3) is 0 Å². The first-order chi connectivity index (χ1) is 14.5. The Kier molecular flexibility index (Phi) is 8.34. The number of fused-ring (bicyclic) bond motifs is 3.